The van der Waals surface area contributed by atoms with Crippen LogP contribution in [0.4, 0.5) is 22.0 Å². The van der Waals surface area contributed by atoms with E-state index in [0.29, 0.717) is 29.7 Å². The average molecular weight is 416 g/mol. The molecule has 0 fully saturated rings. The third-order valence-corrected chi connectivity index (χ3v) is 6.14. The molecule has 0 saturated heterocycles. The fourth-order valence-corrected chi connectivity index (χ4v) is 4.23. The number of rotatable bonds is 4. The second-order valence-corrected chi connectivity index (χ2v) is 8.06. The van der Waals surface area contributed by atoms with Crippen LogP contribution in [0.15, 0.2) is 71.6 Å². The van der Waals surface area contributed by atoms with E-state index in [2.05, 4.69) is 0 Å². The summed E-state index contributed by atoms with van der Waals surface area (Å²) in [5.41, 5.74) is -1.76. The van der Waals surface area contributed by atoms with Crippen LogP contribution in [0.25, 0.3) is 10.8 Å². The molecule has 1 unspecified atom stereocenters. The zero-order chi connectivity index (χ0) is 20.7. The van der Waals surface area contributed by atoms with Gasteiger partial charge in [-0.15, -0.1) is 0 Å². The van der Waals surface area contributed by atoms with E-state index < -0.39 is 43.4 Å². The molecule has 0 spiro atoms. The maximum atomic E-state index is 14.8. The van der Waals surface area contributed by atoms with Crippen molar-refractivity contribution in [3.05, 3.63) is 77.9 Å². The molecule has 28 heavy (non-hydrogen) atoms. The van der Waals surface area contributed by atoms with Crippen molar-refractivity contribution in [2.24, 2.45) is 0 Å². The largest absolute Gasteiger partial charge is 0.416 e. The van der Waals surface area contributed by atoms with E-state index in [1.54, 1.807) is 18.2 Å². The smallest absolute Gasteiger partial charge is 0.381 e. The van der Waals surface area contributed by atoms with Gasteiger partial charge in [0.2, 0.25) is 9.84 Å². The number of halogens is 5. The van der Waals surface area contributed by atoms with E-state index in [4.69, 9.17) is 0 Å². The van der Waals surface area contributed by atoms with Crippen molar-refractivity contribution in [1.82, 2.24) is 0 Å². The number of benzene rings is 3. The second-order valence-electron chi connectivity index (χ2n) is 6.06. The minimum atomic E-state index is -5.36. The lowest BCUT2D eigenvalue weighted by atomic mass is 10.1. The summed E-state index contributed by atoms with van der Waals surface area (Å²) in [4.78, 5) is -0.679. The minimum Gasteiger partial charge on any atom is -0.381 e. The monoisotopic (exact) mass is 416 g/mol. The Bertz CT molecular complexity index is 1100. The van der Waals surface area contributed by atoms with Crippen LogP contribution in [0.5, 0.6) is 0 Å². The van der Waals surface area contributed by atoms with Gasteiger partial charge in [0.25, 0.3) is 0 Å². The van der Waals surface area contributed by atoms with Crippen LogP contribution in [0.1, 0.15) is 17.2 Å². The van der Waals surface area contributed by atoms with E-state index in [1.807, 2.05) is 0 Å². The highest BCUT2D eigenvalue weighted by molar-refractivity contribution is 7.92. The first-order valence-corrected chi connectivity index (χ1v) is 9.40. The van der Waals surface area contributed by atoms with E-state index in [9.17, 15) is 35.5 Å². The highest BCUT2D eigenvalue weighted by Gasteiger charge is 2.53. The maximum Gasteiger partial charge on any atom is 0.416 e. The Hall–Kier alpha value is -2.52. The molecule has 0 amide bonds. The van der Waals surface area contributed by atoms with Gasteiger partial charge in [0.1, 0.15) is 0 Å². The van der Waals surface area contributed by atoms with Crippen LogP contribution in [0.2, 0.25) is 0 Å². The van der Waals surface area contributed by atoms with Gasteiger partial charge in [0.05, 0.1) is 10.5 Å². The van der Waals surface area contributed by atoms with Crippen molar-refractivity contribution >= 4 is 20.6 Å². The van der Waals surface area contributed by atoms with Crippen LogP contribution in [-0.4, -0.2) is 18.8 Å². The van der Waals surface area contributed by atoms with Gasteiger partial charge in [0.15, 0.2) is 6.10 Å². The number of alkyl halides is 5. The third-order valence-electron chi connectivity index (χ3n) is 4.27. The van der Waals surface area contributed by atoms with Gasteiger partial charge >= 0.3 is 11.4 Å². The highest BCUT2D eigenvalue weighted by atomic mass is 32.2. The number of aliphatic hydroxyl groups excluding tert-OH is 1. The van der Waals surface area contributed by atoms with Crippen LogP contribution in [0, 0.1) is 0 Å². The van der Waals surface area contributed by atoms with Crippen LogP contribution in [0.3, 0.4) is 0 Å². The molecular weight excluding hydrogens is 403 g/mol. The molecule has 0 aliphatic heterocycles. The topological polar surface area (TPSA) is 54.4 Å². The summed E-state index contributed by atoms with van der Waals surface area (Å²) in [7, 11) is -5.36. The van der Waals surface area contributed by atoms with Gasteiger partial charge in [-0.05, 0) is 29.1 Å². The molecule has 0 aliphatic rings. The molecule has 0 heterocycles. The SMILES string of the molecule is O=S(=O)(c1cccc2ccccc12)C(F)(F)C(O)c1ccc(C(F)(F)F)cc1. The number of hydrogen-bond acceptors (Lipinski definition) is 3. The van der Waals surface area contributed by atoms with Gasteiger partial charge in [0, 0.05) is 5.39 Å². The third kappa shape index (κ3) is 3.35. The molecule has 9 heteroatoms. The summed E-state index contributed by atoms with van der Waals surface area (Å²) in [6.45, 7) is 0. The molecule has 0 bridgehead atoms. The summed E-state index contributed by atoms with van der Waals surface area (Å²) >= 11 is 0. The zero-order valence-corrected chi connectivity index (χ0v) is 14.8. The van der Waals surface area contributed by atoms with E-state index in [-0.39, 0.29) is 5.39 Å². The van der Waals surface area contributed by atoms with Crippen LogP contribution >= 0.6 is 0 Å². The molecule has 0 aliphatic carbocycles. The summed E-state index contributed by atoms with van der Waals surface area (Å²) in [6, 6.07) is 12.0. The Balaban J connectivity index is 2.05. The summed E-state index contributed by atoms with van der Waals surface area (Å²) in [6.07, 6.45) is -7.54. The maximum absolute atomic E-state index is 14.8. The van der Waals surface area contributed by atoms with E-state index in [0.717, 1.165) is 6.07 Å². The Kier molecular flexibility index (Phi) is 4.93. The number of aliphatic hydroxyl groups is 1. The molecule has 0 aromatic heterocycles. The van der Waals surface area contributed by atoms with Gasteiger partial charge in [-0.25, -0.2) is 8.42 Å². The Labute approximate surface area is 157 Å². The molecule has 3 aromatic carbocycles. The van der Waals surface area contributed by atoms with Crippen LogP contribution in [-0.2, 0) is 16.0 Å². The molecule has 3 nitrogen and oxygen atoms in total. The Morgan fingerprint density at radius 2 is 1.36 bits per heavy atom. The predicted molar refractivity (Wildman–Crippen MR) is 92.5 cm³/mol. The van der Waals surface area contributed by atoms with Crippen molar-refractivity contribution in [2.45, 2.75) is 22.4 Å². The number of fused-ring (bicyclic) bond motifs is 1. The number of hydrogen-bond donors (Lipinski definition) is 1. The molecule has 3 aromatic rings. The second kappa shape index (κ2) is 6.82. The van der Waals surface area contributed by atoms with Crippen LogP contribution < -0.4 is 0 Å². The molecule has 0 saturated carbocycles. The fourth-order valence-electron chi connectivity index (χ4n) is 2.77. The van der Waals surface area contributed by atoms with Crippen molar-refractivity contribution in [2.75, 3.05) is 0 Å². The minimum absolute atomic E-state index is 0.0456. The van der Waals surface area contributed by atoms with Gasteiger partial charge in [-0.2, -0.15) is 22.0 Å². The molecule has 1 atom stereocenters. The molecular formula is C19H13F5O3S. The lowest BCUT2D eigenvalue weighted by Gasteiger charge is -2.24. The van der Waals surface area contributed by atoms with Crippen molar-refractivity contribution in [3.8, 4) is 0 Å². The standard InChI is InChI=1S/C19H13F5O3S/c20-18(21,22)14-10-8-13(9-11-14)17(25)19(23,24)28(26,27)16-7-3-5-12-4-1-2-6-15(12)16/h1-11,17,25H. The summed E-state index contributed by atoms with van der Waals surface area (Å²) in [5, 5.41) is 5.78. The molecule has 148 valence electrons. The predicted octanol–water partition coefficient (Wildman–Crippen LogP) is 4.96. The van der Waals surface area contributed by atoms with Crippen molar-refractivity contribution < 1.29 is 35.5 Å². The van der Waals surface area contributed by atoms with Gasteiger partial charge < -0.3 is 5.11 Å². The number of sulfone groups is 1. The summed E-state index contributed by atoms with van der Waals surface area (Å²) in [5.74, 6) is 0. The Morgan fingerprint density at radius 1 is 0.786 bits per heavy atom. The fraction of sp³-hybridized carbons (Fsp3) is 0.158. The van der Waals surface area contributed by atoms with E-state index >= 15 is 0 Å². The molecule has 3 rings (SSSR count). The van der Waals surface area contributed by atoms with Gasteiger partial charge in [-0.1, -0.05) is 48.5 Å². The Morgan fingerprint density at radius 3 is 1.96 bits per heavy atom. The first kappa shape index (κ1) is 20.2. The molecule has 0 radical (unpaired) electrons. The first-order valence-electron chi connectivity index (χ1n) is 7.91. The zero-order valence-electron chi connectivity index (χ0n) is 14.0. The highest BCUT2D eigenvalue weighted by Crippen LogP contribution is 2.42. The first-order chi connectivity index (χ1) is 13.0. The van der Waals surface area contributed by atoms with Gasteiger partial charge in [-0.3, -0.25) is 0 Å². The average Bonchev–Trinajstić information content (AvgIpc) is 2.66. The van der Waals surface area contributed by atoms with Crippen molar-refractivity contribution in [1.29, 1.82) is 0 Å². The van der Waals surface area contributed by atoms with E-state index in [1.165, 1.54) is 18.2 Å². The lowest BCUT2D eigenvalue weighted by molar-refractivity contribution is -0.137. The van der Waals surface area contributed by atoms with Crippen molar-refractivity contribution in [3.63, 3.8) is 0 Å². The normalized spacial score (nSPS) is 14.2. The quantitative estimate of drug-likeness (QED) is 0.612. The molecule has 1 N–H and O–H groups in total. The summed E-state index contributed by atoms with van der Waals surface area (Å²) < 4.78 is 92.6. The lowest BCUT2D eigenvalue weighted by Crippen LogP contribution is -2.36.